The minimum Gasteiger partial charge on any atom is -0.396 e. The topological polar surface area (TPSA) is 20.2 Å². The molecule has 16 heavy (non-hydrogen) atoms. The molecule has 1 heteroatoms. The van der Waals surface area contributed by atoms with Gasteiger partial charge in [-0.15, -0.1) is 0 Å². The van der Waals surface area contributed by atoms with Crippen LogP contribution in [-0.4, -0.2) is 11.7 Å². The number of hydrogen-bond acceptors (Lipinski definition) is 1. The van der Waals surface area contributed by atoms with E-state index in [1.807, 2.05) is 0 Å². The summed E-state index contributed by atoms with van der Waals surface area (Å²) in [5.74, 6) is 1.53. The molecule has 0 radical (unpaired) electrons. The highest BCUT2D eigenvalue weighted by atomic mass is 16.3. The Morgan fingerprint density at radius 3 is 2.06 bits per heavy atom. The number of aliphatic hydroxyl groups excluding tert-OH is 1. The lowest BCUT2D eigenvalue weighted by molar-refractivity contribution is 0.255. The summed E-state index contributed by atoms with van der Waals surface area (Å²) in [7, 11) is 0. The average molecular weight is 226 g/mol. The molecule has 0 aliphatic heterocycles. The fourth-order valence-corrected chi connectivity index (χ4v) is 1.98. The van der Waals surface area contributed by atoms with Crippen molar-refractivity contribution in [2.75, 3.05) is 6.61 Å². The summed E-state index contributed by atoms with van der Waals surface area (Å²) in [6.07, 6.45) is 9.78. The molecule has 1 unspecified atom stereocenters. The van der Waals surface area contributed by atoms with E-state index in [-0.39, 0.29) is 0 Å². The molecule has 0 spiro atoms. The fraction of sp³-hybridized carbons (Fsp3) is 0.867. The van der Waals surface area contributed by atoms with Gasteiger partial charge in [0.2, 0.25) is 0 Å². The fourth-order valence-electron chi connectivity index (χ4n) is 1.98. The number of aliphatic hydroxyl groups is 1. The highest BCUT2D eigenvalue weighted by molar-refractivity contribution is 4.92. The van der Waals surface area contributed by atoms with E-state index in [9.17, 15) is 0 Å². The molecule has 0 saturated heterocycles. The van der Waals surface area contributed by atoms with E-state index in [1.54, 1.807) is 0 Å². The van der Waals surface area contributed by atoms with Gasteiger partial charge in [-0.25, -0.2) is 0 Å². The number of rotatable bonds is 9. The van der Waals surface area contributed by atoms with Gasteiger partial charge in [0.05, 0.1) is 0 Å². The third-order valence-corrected chi connectivity index (χ3v) is 3.23. The maximum atomic E-state index is 8.81. The Labute approximate surface area is 102 Å². The molecular formula is C15H30O. The van der Waals surface area contributed by atoms with Gasteiger partial charge in [-0.1, -0.05) is 44.8 Å². The van der Waals surface area contributed by atoms with Crippen LogP contribution >= 0.6 is 0 Å². The minimum atomic E-state index is 0.345. The SMILES string of the molecule is CC(C)=CCC[C@@H](C)CCCC(C)CCO. The molecule has 0 amide bonds. The van der Waals surface area contributed by atoms with Crippen molar-refractivity contribution in [2.45, 2.75) is 66.2 Å². The van der Waals surface area contributed by atoms with Gasteiger partial charge in [-0.3, -0.25) is 0 Å². The molecule has 1 nitrogen and oxygen atoms in total. The van der Waals surface area contributed by atoms with Gasteiger partial charge < -0.3 is 5.11 Å². The molecule has 0 rings (SSSR count). The Balaban J connectivity index is 3.43. The van der Waals surface area contributed by atoms with Crippen molar-refractivity contribution in [3.8, 4) is 0 Å². The molecule has 0 aromatic heterocycles. The second-order valence-corrected chi connectivity index (χ2v) is 5.51. The van der Waals surface area contributed by atoms with Crippen LogP contribution in [0.3, 0.4) is 0 Å². The van der Waals surface area contributed by atoms with Crippen molar-refractivity contribution in [1.29, 1.82) is 0 Å². The van der Waals surface area contributed by atoms with E-state index in [0.29, 0.717) is 12.5 Å². The zero-order valence-corrected chi connectivity index (χ0v) is 11.6. The van der Waals surface area contributed by atoms with Gasteiger partial charge >= 0.3 is 0 Å². The molecule has 2 atom stereocenters. The van der Waals surface area contributed by atoms with Crippen molar-refractivity contribution in [2.24, 2.45) is 11.8 Å². The normalized spacial score (nSPS) is 14.6. The predicted octanol–water partition coefficient (Wildman–Crippen LogP) is 4.56. The van der Waals surface area contributed by atoms with E-state index in [4.69, 9.17) is 5.11 Å². The average Bonchev–Trinajstić information content (AvgIpc) is 2.17. The van der Waals surface area contributed by atoms with Crippen molar-refractivity contribution in [3.63, 3.8) is 0 Å². The Morgan fingerprint density at radius 1 is 1.00 bits per heavy atom. The smallest absolute Gasteiger partial charge is 0.0433 e. The molecule has 1 N–H and O–H groups in total. The molecule has 0 aromatic carbocycles. The summed E-state index contributed by atoms with van der Waals surface area (Å²) in [6.45, 7) is 9.28. The molecule has 0 saturated carbocycles. The Hall–Kier alpha value is -0.300. The van der Waals surface area contributed by atoms with Crippen LogP contribution in [0, 0.1) is 11.8 Å². The highest BCUT2D eigenvalue weighted by Crippen LogP contribution is 2.18. The van der Waals surface area contributed by atoms with Crippen LogP contribution in [-0.2, 0) is 0 Å². The molecule has 0 aliphatic carbocycles. The highest BCUT2D eigenvalue weighted by Gasteiger charge is 2.04. The molecule has 0 heterocycles. The monoisotopic (exact) mass is 226 g/mol. The third-order valence-electron chi connectivity index (χ3n) is 3.23. The van der Waals surface area contributed by atoms with E-state index < -0.39 is 0 Å². The summed E-state index contributed by atoms with van der Waals surface area (Å²) in [5.41, 5.74) is 1.43. The van der Waals surface area contributed by atoms with Gasteiger partial charge in [0.25, 0.3) is 0 Å². The maximum absolute atomic E-state index is 8.81. The zero-order valence-electron chi connectivity index (χ0n) is 11.6. The van der Waals surface area contributed by atoms with Crippen LogP contribution in [0.5, 0.6) is 0 Å². The first-order chi connectivity index (χ1) is 7.56. The summed E-state index contributed by atoms with van der Waals surface area (Å²) >= 11 is 0. The van der Waals surface area contributed by atoms with Crippen LogP contribution in [0.2, 0.25) is 0 Å². The molecule has 0 aromatic rings. The van der Waals surface area contributed by atoms with E-state index in [1.165, 1.54) is 37.7 Å². The third kappa shape index (κ3) is 10.2. The Bertz CT molecular complexity index is 180. The molecule has 0 bridgehead atoms. The summed E-state index contributed by atoms with van der Waals surface area (Å²) in [6, 6.07) is 0. The van der Waals surface area contributed by atoms with Gasteiger partial charge in [-0.2, -0.15) is 0 Å². The molecule has 0 aliphatic rings. The van der Waals surface area contributed by atoms with Crippen LogP contribution in [0.1, 0.15) is 66.2 Å². The number of allylic oxidation sites excluding steroid dienone is 2. The van der Waals surface area contributed by atoms with Gasteiger partial charge in [-0.05, 0) is 44.9 Å². The lowest BCUT2D eigenvalue weighted by atomic mass is 9.94. The van der Waals surface area contributed by atoms with Crippen molar-refractivity contribution >= 4 is 0 Å². The lowest BCUT2D eigenvalue weighted by Crippen LogP contribution is -2.00. The maximum Gasteiger partial charge on any atom is 0.0433 e. The van der Waals surface area contributed by atoms with Crippen molar-refractivity contribution < 1.29 is 5.11 Å². The first-order valence-corrected chi connectivity index (χ1v) is 6.80. The Kier molecular flexibility index (Phi) is 9.71. The second-order valence-electron chi connectivity index (χ2n) is 5.51. The van der Waals surface area contributed by atoms with E-state index in [2.05, 4.69) is 33.8 Å². The van der Waals surface area contributed by atoms with Gasteiger partial charge in [0.15, 0.2) is 0 Å². The molecule has 96 valence electrons. The van der Waals surface area contributed by atoms with Gasteiger partial charge in [0, 0.05) is 6.61 Å². The number of hydrogen-bond donors (Lipinski definition) is 1. The van der Waals surface area contributed by atoms with Crippen molar-refractivity contribution in [3.05, 3.63) is 11.6 Å². The van der Waals surface area contributed by atoms with Crippen LogP contribution in [0.15, 0.2) is 11.6 Å². The summed E-state index contributed by atoms with van der Waals surface area (Å²) in [5, 5.41) is 8.81. The molecular weight excluding hydrogens is 196 g/mol. The quantitative estimate of drug-likeness (QED) is 0.571. The van der Waals surface area contributed by atoms with Crippen molar-refractivity contribution in [1.82, 2.24) is 0 Å². The van der Waals surface area contributed by atoms with E-state index in [0.717, 1.165) is 12.3 Å². The lowest BCUT2D eigenvalue weighted by Gasteiger charge is -2.13. The first kappa shape index (κ1) is 15.7. The largest absolute Gasteiger partial charge is 0.396 e. The first-order valence-electron chi connectivity index (χ1n) is 6.80. The predicted molar refractivity (Wildman–Crippen MR) is 72.5 cm³/mol. The summed E-state index contributed by atoms with van der Waals surface area (Å²) < 4.78 is 0. The summed E-state index contributed by atoms with van der Waals surface area (Å²) in [4.78, 5) is 0. The van der Waals surface area contributed by atoms with E-state index >= 15 is 0 Å². The zero-order chi connectivity index (χ0) is 12.4. The molecule has 0 fully saturated rings. The Morgan fingerprint density at radius 2 is 1.56 bits per heavy atom. The van der Waals surface area contributed by atoms with Gasteiger partial charge in [0.1, 0.15) is 0 Å². The second kappa shape index (κ2) is 9.89. The van der Waals surface area contributed by atoms with Crippen LogP contribution in [0.4, 0.5) is 0 Å². The standard InChI is InChI=1S/C15H30O/c1-13(2)7-5-8-14(3)9-6-10-15(4)11-12-16/h7,14-16H,5-6,8-12H2,1-4H3/t14-,15?/m1/s1. The van der Waals surface area contributed by atoms with Crippen LogP contribution in [0.25, 0.3) is 0 Å². The van der Waals surface area contributed by atoms with Crippen LogP contribution < -0.4 is 0 Å². The minimum absolute atomic E-state index is 0.345.